The van der Waals surface area contributed by atoms with Gasteiger partial charge in [-0.2, -0.15) is 0 Å². The number of nitrogens with zero attached hydrogens (tertiary/aromatic N) is 2. The number of aromatic nitrogens is 2. The van der Waals surface area contributed by atoms with Crippen molar-refractivity contribution in [3.63, 3.8) is 0 Å². The van der Waals surface area contributed by atoms with Crippen molar-refractivity contribution in [1.29, 1.82) is 0 Å². The molecule has 0 bridgehead atoms. The largest absolute Gasteiger partial charge is 0.490 e. The topological polar surface area (TPSA) is 66.2 Å². The average Bonchev–Trinajstić information content (AvgIpc) is 2.39. The number of hydrogen-bond acceptors (Lipinski definition) is 4. The highest BCUT2D eigenvalue weighted by Crippen LogP contribution is 2.16. The van der Waals surface area contributed by atoms with Gasteiger partial charge in [0.15, 0.2) is 0 Å². The molecule has 0 saturated heterocycles. The SMILES string of the molecule is CC#Cc1cncc(-c2cncc(B(O)O)c2)c1. The first-order valence-electron chi connectivity index (χ1n) is 5.40. The van der Waals surface area contributed by atoms with E-state index < -0.39 is 7.12 Å². The molecule has 0 amide bonds. The fourth-order valence-electron chi connectivity index (χ4n) is 1.57. The maximum absolute atomic E-state index is 9.11. The van der Waals surface area contributed by atoms with Crippen LogP contribution in [-0.4, -0.2) is 27.1 Å². The summed E-state index contributed by atoms with van der Waals surface area (Å²) in [7, 11) is -1.52. The molecule has 2 aromatic rings. The van der Waals surface area contributed by atoms with Crippen LogP contribution >= 0.6 is 0 Å². The molecule has 2 N–H and O–H groups in total. The second-order valence-corrected chi connectivity index (χ2v) is 3.72. The van der Waals surface area contributed by atoms with Gasteiger partial charge in [-0.1, -0.05) is 12.0 Å². The molecular weight excluding hydrogens is 227 g/mol. The summed E-state index contributed by atoms with van der Waals surface area (Å²) >= 11 is 0. The van der Waals surface area contributed by atoms with Gasteiger partial charge in [0.2, 0.25) is 0 Å². The van der Waals surface area contributed by atoms with E-state index in [1.807, 2.05) is 6.07 Å². The lowest BCUT2D eigenvalue weighted by atomic mass is 9.80. The summed E-state index contributed by atoms with van der Waals surface area (Å²) in [4.78, 5) is 8.07. The zero-order chi connectivity index (χ0) is 13.0. The minimum atomic E-state index is -1.52. The quantitative estimate of drug-likeness (QED) is 0.579. The Morgan fingerprint density at radius 3 is 2.33 bits per heavy atom. The summed E-state index contributed by atoms with van der Waals surface area (Å²) in [5.41, 5.74) is 2.77. The molecule has 0 unspecified atom stereocenters. The lowest BCUT2D eigenvalue weighted by Gasteiger charge is -2.04. The molecule has 0 fully saturated rings. The predicted molar refractivity (Wildman–Crippen MR) is 69.8 cm³/mol. The number of hydrogen-bond donors (Lipinski definition) is 2. The zero-order valence-corrected chi connectivity index (χ0v) is 9.83. The zero-order valence-electron chi connectivity index (χ0n) is 9.83. The van der Waals surface area contributed by atoms with Gasteiger partial charge in [-0.05, 0) is 13.0 Å². The van der Waals surface area contributed by atoms with Crippen LogP contribution in [0.3, 0.4) is 0 Å². The summed E-state index contributed by atoms with van der Waals surface area (Å²) in [6, 6.07) is 3.55. The third-order valence-electron chi connectivity index (χ3n) is 2.40. The molecule has 0 aliphatic carbocycles. The van der Waals surface area contributed by atoms with Crippen LogP contribution in [-0.2, 0) is 0 Å². The Labute approximate surface area is 106 Å². The molecule has 0 radical (unpaired) electrons. The van der Waals surface area contributed by atoms with E-state index in [1.165, 1.54) is 6.20 Å². The summed E-state index contributed by atoms with van der Waals surface area (Å²) < 4.78 is 0. The Morgan fingerprint density at radius 1 is 1.00 bits per heavy atom. The molecule has 4 nitrogen and oxygen atoms in total. The minimum absolute atomic E-state index is 0.347. The fraction of sp³-hybridized carbons (Fsp3) is 0.0769. The Balaban J connectivity index is 2.44. The van der Waals surface area contributed by atoms with Crippen LogP contribution in [0.15, 0.2) is 36.9 Å². The third-order valence-corrected chi connectivity index (χ3v) is 2.40. The van der Waals surface area contributed by atoms with Crippen LogP contribution in [0, 0.1) is 11.8 Å². The highest BCUT2D eigenvalue weighted by atomic mass is 16.4. The van der Waals surface area contributed by atoms with Gasteiger partial charge in [-0.15, -0.1) is 5.92 Å². The van der Waals surface area contributed by atoms with Gasteiger partial charge < -0.3 is 10.0 Å². The molecule has 5 heteroatoms. The first kappa shape index (κ1) is 12.3. The first-order valence-corrected chi connectivity index (χ1v) is 5.40. The van der Waals surface area contributed by atoms with E-state index in [0.717, 1.165) is 16.7 Å². The molecule has 2 heterocycles. The average molecular weight is 238 g/mol. The highest BCUT2D eigenvalue weighted by molar-refractivity contribution is 6.58. The highest BCUT2D eigenvalue weighted by Gasteiger charge is 2.12. The lowest BCUT2D eigenvalue weighted by Crippen LogP contribution is -2.30. The molecule has 0 aliphatic heterocycles. The third kappa shape index (κ3) is 2.75. The van der Waals surface area contributed by atoms with Crippen LogP contribution in [0.1, 0.15) is 12.5 Å². The molecular formula is C13H11BN2O2. The van der Waals surface area contributed by atoms with Crippen LogP contribution < -0.4 is 5.46 Å². The van der Waals surface area contributed by atoms with Gasteiger partial charge >= 0.3 is 7.12 Å². The van der Waals surface area contributed by atoms with Gasteiger partial charge in [0.25, 0.3) is 0 Å². The molecule has 0 aromatic carbocycles. The summed E-state index contributed by atoms with van der Waals surface area (Å²) in [6.45, 7) is 1.76. The predicted octanol–water partition coefficient (Wildman–Crippen LogP) is 0.195. The van der Waals surface area contributed by atoms with Crippen molar-refractivity contribution in [2.24, 2.45) is 0 Å². The maximum Gasteiger partial charge on any atom is 0.490 e. The van der Waals surface area contributed by atoms with Crippen molar-refractivity contribution in [2.45, 2.75) is 6.92 Å². The second kappa shape index (κ2) is 5.45. The van der Waals surface area contributed by atoms with E-state index in [-0.39, 0.29) is 0 Å². The number of pyridine rings is 2. The number of rotatable bonds is 2. The van der Waals surface area contributed by atoms with E-state index in [1.54, 1.807) is 31.6 Å². The monoisotopic (exact) mass is 238 g/mol. The first-order chi connectivity index (χ1) is 8.70. The van der Waals surface area contributed by atoms with Gasteiger partial charge in [-0.3, -0.25) is 9.97 Å². The maximum atomic E-state index is 9.11. The van der Waals surface area contributed by atoms with Crippen LogP contribution in [0.5, 0.6) is 0 Å². The van der Waals surface area contributed by atoms with Gasteiger partial charge in [0.1, 0.15) is 0 Å². The Morgan fingerprint density at radius 2 is 1.67 bits per heavy atom. The van der Waals surface area contributed by atoms with Crippen molar-refractivity contribution >= 4 is 12.6 Å². The van der Waals surface area contributed by atoms with Gasteiger partial charge in [0, 0.05) is 46.9 Å². The Hall–Kier alpha value is -2.16. The normalized spacial score (nSPS) is 9.50. The van der Waals surface area contributed by atoms with E-state index in [9.17, 15) is 0 Å². The van der Waals surface area contributed by atoms with Crippen LogP contribution in [0.4, 0.5) is 0 Å². The van der Waals surface area contributed by atoms with Crippen molar-refractivity contribution < 1.29 is 10.0 Å². The molecule has 88 valence electrons. The minimum Gasteiger partial charge on any atom is -0.423 e. The van der Waals surface area contributed by atoms with Crippen LogP contribution in [0.25, 0.3) is 11.1 Å². The Bertz CT molecular complexity index is 618. The van der Waals surface area contributed by atoms with Gasteiger partial charge in [-0.25, -0.2) is 0 Å². The van der Waals surface area contributed by atoms with E-state index in [2.05, 4.69) is 21.8 Å². The van der Waals surface area contributed by atoms with Gasteiger partial charge in [0.05, 0.1) is 0 Å². The second-order valence-electron chi connectivity index (χ2n) is 3.72. The van der Waals surface area contributed by atoms with Crippen molar-refractivity contribution in [3.8, 4) is 23.0 Å². The molecule has 0 spiro atoms. The smallest absolute Gasteiger partial charge is 0.423 e. The van der Waals surface area contributed by atoms with Crippen molar-refractivity contribution in [2.75, 3.05) is 0 Å². The standard InChI is InChI=1S/C13H11BN2O2/c1-2-3-10-4-11(7-15-6-10)12-5-13(14(17)18)9-16-8-12/h4-9,17-18H,1H3. The van der Waals surface area contributed by atoms with Crippen molar-refractivity contribution in [1.82, 2.24) is 9.97 Å². The fourth-order valence-corrected chi connectivity index (χ4v) is 1.57. The molecule has 18 heavy (non-hydrogen) atoms. The molecule has 2 rings (SSSR count). The van der Waals surface area contributed by atoms with E-state index >= 15 is 0 Å². The summed E-state index contributed by atoms with van der Waals surface area (Å²) in [5, 5.41) is 18.2. The summed E-state index contributed by atoms with van der Waals surface area (Å²) in [5.74, 6) is 5.73. The molecule has 0 atom stereocenters. The van der Waals surface area contributed by atoms with Crippen LogP contribution in [0.2, 0.25) is 0 Å². The molecule has 0 saturated carbocycles. The van der Waals surface area contributed by atoms with Crippen molar-refractivity contribution in [3.05, 3.63) is 42.5 Å². The molecule has 0 aliphatic rings. The van der Waals surface area contributed by atoms with E-state index in [0.29, 0.717) is 5.46 Å². The van der Waals surface area contributed by atoms with E-state index in [4.69, 9.17) is 10.0 Å². The lowest BCUT2D eigenvalue weighted by molar-refractivity contribution is 0.425. The summed E-state index contributed by atoms with van der Waals surface area (Å²) in [6.07, 6.45) is 6.42. The molecule has 2 aromatic heterocycles. The Kier molecular flexibility index (Phi) is 3.73.